The second kappa shape index (κ2) is 12.2. The average molecular weight is 528 g/mol. The topological polar surface area (TPSA) is 88.1 Å². The number of amides is 1. The number of anilines is 1. The van der Waals surface area contributed by atoms with Crippen molar-refractivity contribution in [1.29, 1.82) is 0 Å². The Morgan fingerprint density at radius 2 is 1.58 bits per heavy atom. The molecule has 0 aliphatic rings. The molecule has 4 aromatic carbocycles. The van der Waals surface area contributed by atoms with E-state index in [9.17, 15) is 13.2 Å². The summed E-state index contributed by atoms with van der Waals surface area (Å²) in [5, 5.41) is 4.06. The van der Waals surface area contributed by atoms with Crippen LogP contribution in [-0.4, -0.2) is 27.1 Å². The quantitative estimate of drug-likeness (QED) is 0.226. The second-order valence-corrected chi connectivity index (χ2v) is 10.6. The van der Waals surface area contributed by atoms with Gasteiger partial charge in [0.25, 0.3) is 15.9 Å². The number of nitrogens with one attached hydrogen (secondary N) is 1. The van der Waals surface area contributed by atoms with E-state index < -0.39 is 22.5 Å². The Hall–Kier alpha value is -4.43. The van der Waals surface area contributed by atoms with Gasteiger partial charge < -0.3 is 4.74 Å². The molecule has 0 fully saturated rings. The van der Waals surface area contributed by atoms with Crippen molar-refractivity contribution in [2.45, 2.75) is 25.3 Å². The molecule has 1 N–H and O–H groups in total. The molecule has 0 aromatic heterocycles. The number of aryl methyl sites for hydroxylation is 2. The Morgan fingerprint density at radius 1 is 0.868 bits per heavy atom. The fraction of sp³-hybridized carbons (Fsp3) is 0.133. The molecule has 0 radical (unpaired) electrons. The van der Waals surface area contributed by atoms with Gasteiger partial charge >= 0.3 is 0 Å². The number of rotatable bonds is 10. The van der Waals surface area contributed by atoms with Gasteiger partial charge in [0.1, 0.15) is 18.9 Å². The minimum atomic E-state index is -4.00. The van der Waals surface area contributed by atoms with E-state index in [1.807, 2.05) is 74.5 Å². The Bertz CT molecular complexity index is 1520. The largest absolute Gasteiger partial charge is 0.488 e. The average Bonchev–Trinajstić information content (AvgIpc) is 2.92. The number of sulfonamides is 1. The molecule has 0 aliphatic carbocycles. The first-order valence-corrected chi connectivity index (χ1v) is 13.5. The molecule has 0 saturated heterocycles. The van der Waals surface area contributed by atoms with Crippen molar-refractivity contribution in [3.8, 4) is 5.75 Å². The van der Waals surface area contributed by atoms with E-state index in [2.05, 4.69) is 10.5 Å². The lowest BCUT2D eigenvalue weighted by Gasteiger charge is -2.24. The first-order chi connectivity index (χ1) is 18.3. The van der Waals surface area contributed by atoms with E-state index in [0.29, 0.717) is 23.6 Å². The van der Waals surface area contributed by atoms with Crippen molar-refractivity contribution in [2.24, 2.45) is 5.10 Å². The third-order valence-electron chi connectivity index (χ3n) is 5.73. The molecule has 8 heteroatoms. The molecule has 0 saturated carbocycles. The fourth-order valence-corrected chi connectivity index (χ4v) is 5.14. The van der Waals surface area contributed by atoms with Crippen LogP contribution in [0.5, 0.6) is 5.75 Å². The van der Waals surface area contributed by atoms with Crippen LogP contribution in [0.4, 0.5) is 5.69 Å². The number of ether oxygens (including phenoxy) is 1. The van der Waals surface area contributed by atoms with Crippen molar-refractivity contribution in [3.63, 3.8) is 0 Å². The minimum Gasteiger partial charge on any atom is -0.488 e. The Labute approximate surface area is 223 Å². The van der Waals surface area contributed by atoms with Crippen LogP contribution in [0.1, 0.15) is 22.3 Å². The molecule has 0 heterocycles. The third kappa shape index (κ3) is 6.86. The monoisotopic (exact) mass is 527 g/mol. The maximum Gasteiger partial charge on any atom is 0.264 e. The number of benzene rings is 4. The number of carbonyl (C=O) groups is 1. The molecule has 4 rings (SSSR count). The fourth-order valence-electron chi connectivity index (χ4n) is 3.73. The van der Waals surface area contributed by atoms with E-state index in [1.54, 1.807) is 30.3 Å². The summed E-state index contributed by atoms with van der Waals surface area (Å²) in [7, 11) is -4.00. The summed E-state index contributed by atoms with van der Waals surface area (Å²) in [5.41, 5.74) is 6.35. The molecule has 38 heavy (non-hydrogen) atoms. The van der Waals surface area contributed by atoms with E-state index in [4.69, 9.17) is 4.74 Å². The van der Waals surface area contributed by atoms with Crippen LogP contribution in [0.2, 0.25) is 0 Å². The van der Waals surface area contributed by atoms with Crippen molar-refractivity contribution in [3.05, 3.63) is 125 Å². The zero-order chi connectivity index (χ0) is 27.0. The highest BCUT2D eigenvalue weighted by molar-refractivity contribution is 7.92. The van der Waals surface area contributed by atoms with Gasteiger partial charge in [-0.1, -0.05) is 72.3 Å². The lowest BCUT2D eigenvalue weighted by Crippen LogP contribution is -2.39. The number of para-hydroxylation sites is 1. The number of carbonyl (C=O) groups excluding carboxylic acids is 1. The molecule has 4 aromatic rings. The normalized spacial score (nSPS) is 11.3. The van der Waals surface area contributed by atoms with Gasteiger partial charge in [-0.2, -0.15) is 5.10 Å². The SMILES string of the molecule is Cc1ccc(S(=O)(=O)N(CC(=O)N/N=C\c2ccccc2OCc2ccccc2)c2cccc(C)c2)cc1. The van der Waals surface area contributed by atoms with Gasteiger partial charge in [-0.25, -0.2) is 13.8 Å². The minimum absolute atomic E-state index is 0.102. The molecule has 0 unspecified atom stereocenters. The van der Waals surface area contributed by atoms with Crippen molar-refractivity contribution < 1.29 is 17.9 Å². The van der Waals surface area contributed by atoms with E-state index in [1.165, 1.54) is 18.3 Å². The van der Waals surface area contributed by atoms with Crippen molar-refractivity contribution in [2.75, 3.05) is 10.8 Å². The standard InChI is InChI=1S/C30H29N3O4S/c1-23-15-17-28(18-16-23)38(35,36)33(27-13-8-9-24(2)19-27)21-30(34)32-31-20-26-12-6-7-14-29(26)37-22-25-10-4-3-5-11-25/h3-20H,21-22H2,1-2H3,(H,32,34)/b31-20-. The van der Waals surface area contributed by atoms with Crippen LogP contribution < -0.4 is 14.5 Å². The van der Waals surface area contributed by atoms with Gasteiger partial charge in [0.2, 0.25) is 0 Å². The molecule has 0 atom stereocenters. The highest BCUT2D eigenvalue weighted by Crippen LogP contribution is 2.25. The first-order valence-electron chi connectivity index (χ1n) is 12.1. The van der Waals surface area contributed by atoms with Gasteiger partial charge in [0.05, 0.1) is 16.8 Å². The Morgan fingerprint density at radius 3 is 2.32 bits per heavy atom. The molecular weight excluding hydrogens is 498 g/mol. The molecule has 1 amide bonds. The lowest BCUT2D eigenvalue weighted by atomic mass is 10.2. The van der Waals surface area contributed by atoms with Gasteiger partial charge in [-0.15, -0.1) is 0 Å². The van der Waals surface area contributed by atoms with Gasteiger partial charge in [-0.3, -0.25) is 9.10 Å². The maximum atomic E-state index is 13.5. The van der Waals surface area contributed by atoms with Gasteiger partial charge in [0.15, 0.2) is 0 Å². The van der Waals surface area contributed by atoms with Crippen LogP contribution in [0.15, 0.2) is 113 Å². The summed E-state index contributed by atoms with van der Waals surface area (Å²) in [6.07, 6.45) is 1.48. The number of hydrogen-bond donors (Lipinski definition) is 1. The predicted molar refractivity (Wildman–Crippen MR) is 150 cm³/mol. The van der Waals surface area contributed by atoms with Crippen LogP contribution in [0.3, 0.4) is 0 Å². The van der Waals surface area contributed by atoms with Crippen LogP contribution in [0.25, 0.3) is 0 Å². The van der Waals surface area contributed by atoms with Crippen molar-refractivity contribution in [1.82, 2.24) is 5.43 Å². The highest BCUT2D eigenvalue weighted by Gasteiger charge is 2.27. The van der Waals surface area contributed by atoms with Gasteiger partial charge in [-0.05, 0) is 61.4 Å². The summed E-state index contributed by atoms with van der Waals surface area (Å²) in [4.78, 5) is 13.0. The number of hydrazone groups is 1. The van der Waals surface area contributed by atoms with Crippen LogP contribution in [-0.2, 0) is 21.4 Å². The first kappa shape index (κ1) is 26.6. The number of hydrogen-bond acceptors (Lipinski definition) is 5. The van der Waals surface area contributed by atoms with E-state index in [0.717, 1.165) is 21.0 Å². The molecule has 7 nitrogen and oxygen atoms in total. The third-order valence-corrected chi connectivity index (χ3v) is 7.52. The summed E-state index contributed by atoms with van der Waals surface area (Å²) in [5.74, 6) is 0.0267. The predicted octanol–water partition coefficient (Wildman–Crippen LogP) is 5.23. The molecule has 0 aliphatic heterocycles. The Balaban J connectivity index is 1.49. The second-order valence-electron chi connectivity index (χ2n) is 8.77. The van der Waals surface area contributed by atoms with Crippen LogP contribution >= 0.6 is 0 Å². The maximum absolute atomic E-state index is 13.5. The zero-order valence-corrected chi connectivity index (χ0v) is 22.1. The molecule has 194 valence electrons. The van der Waals surface area contributed by atoms with Crippen LogP contribution in [0, 0.1) is 13.8 Å². The lowest BCUT2D eigenvalue weighted by molar-refractivity contribution is -0.119. The summed E-state index contributed by atoms with van der Waals surface area (Å²) in [6, 6.07) is 30.6. The van der Waals surface area contributed by atoms with Gasteiger partial charge in [0, 0.05) is 5.56 Å². The highest BCUT2D eigenvalue weighted by atomic mass is 32.2. The summed E-state index contributed by atoms with van der Waals surface area (Å²) in [6.45, 7) is 3.69. The molecular formula is C30H29N3O4S. The van der Waals surface area contributed by atoms with Crippen molar-refractivity contribution >= 4 is 27.8 Å². The van der Waals surface area contributed by atoms with E-state index in [-0.39, 0.29) is 4.90 Å². The number of nitrogens with zero attached hydrogens (tertiary/aromatic N) is 2. The van der Waals surface area contributed by atoms with E-state index >= 15 is 0 Å². The summed E-state index contributed by atoms with van der Waals surface area (Å²) < 4.78 is 34.0. The Kier molecular flexibility index (Phi) is 8.55. The molecule has 0 bridgehead atoms. The summed E-state index contributed by atoms with van der Waals surface area (Å²) >= 11 is 0. The smallest absolute Gasteiger partial charge is 0.264 e. The zero-order valence-electron chi connectivity index (χ0n) is 21.2. The molecule has 0 spiro atoms.